The molecule has 136 valence electrons. The SMILES string of the molecule is COc1cc(Cl)c(C)cc1NC(=O)N1c2ccccc2Sc2ccccc21. The molecule has 0 spiro atoms. The molecule has 6 heteroatoms. The second-order valence-corrected chi connectivity index (χ2v) is 7.60. The molecule has 27 heavy (non-hydrogen) atoms. The summed E-state index contributed by atoms with van der Waals surface area (Å²) in [5.74, 6) is 0.520. The molecule has 0 saturated heterocycles. The summed E-state index contributed by atoms with van der Waals surface area (Å²) in [5.41, 5.74) is 3.15. The number of carbonyl (C=O) groups is 1. The predicted molar refractivity (Wildman–Crippen MR) is 111 cm³/mol. The molecule has 2 amide bonds. The number of nitrogens with one attached hydrogen (secondary N) is 1. The number of hydrogen-bond donors (Lipinski definition) is 1. The van der Waals surface area contributed by atoms with E-state index in [1.54, 1.807) is 29.8 Å². The van der Waals surface area contributed by atoms with Crippen molar-refractivity contribution in [2.45, 2.75) is 16.7 Å². The summed E-state index contributed by atoms with van der Waals surface area (Å²) in [6.07, 6.45) is 0. The number of halogens is 1. The Hall–Kier alpha value is -2.63. The number of benzene rings is 3. The molecule has 1 heterocycles. The van der Waals surface area contributed by atoms with Gasteiger partial charge in [0.2, 0.25) is 0 Å². The van der Waals surface area contributed by atoms with Gasteiger partial charge in [-0.1, -0.05) is 47.6 Å². The molecule has 0 bridgehead atoms. The highest BCUT2D eigenvalue weighted by atomic mass is 35.5. The zero-order valence-corrected chi connectivity index (χ0v) is 16.4. The van der Waals surface area contributed by atoms with Crippen LogP contribution in [0.1, 0.15) is 5.56 Å². The number of rotatable bonds is 2. The predicted octanol–water partition coefficient (Wildman–Crippen LogP) is 6.49. The highest BCUT2D eigenvalue weighted by molar-refractivity contribution is 7.99. The Kier molecular flexibility index (Phi) is 4.72. The molecule has 0 radical (unpaired) electrons. The van der Waals surface area contributed by atoms with Gasteiger partial charge in [-0.3, -0.25) is 4.90 Å². The number of urea groups is 1. The van der Waals surface area contributed by atoms with Crippen molar-refractivity contribution in [3.63, 3.8) is 0 Å². The fourth-order valence-corrected chi connectivity index (χ4v) is 4.24. The lowest BCUT2D eigenvalue weighted by molar-refractivity contribution is 0.258. The lowest BCUT2D eigenvalue weighted by Crippen LogP contribution is -2.32. The van der Waals surface area contributed by atoms with Gasteiger partial charge in [0.15, 0.2) is 0 Å². The third-order valence-corrected chi connectivity index (χ3v) is 5.90. The van der Waals surface area contributed by atoms with Crippen molar-refractivity contribution >= 4 is 46.5 Å². The Labute approximate surface area is 167 Å². The van der Waals surface area contributed by atoms with Crippen LogP contribution < -0.4 is 15.0 Å². The Morgan fingerprint density at radius 2 is 1.63 bits per heavy atom. The maximum absolute atomic E-state index is 13.3. The molecule has 0 fully saturated rings. The van der Waals surface area contributed by atoms with Gasteiger partial charge >= 0.3 is 6.03 Å². The summed E-state index contributed by atoms with van der Waals surface area (Å²) in [6, 6.07) is 19.0. The molecule has 0 aromatic heterocycles. The molecular weight excluding hydrogens is 380 g/mol. The van der Waals surface area contributed by atoms with E-state index < -0.39 is 0 Å². The Bertz CT molecular complexity index is 993. The molecule has 3 aromatic rings. The number of amides is 2. The maximum Gasteiger partial charge on any atom is 0.331 e. The van der Waals surface area contributed by atoms with E-state index in [0.717, 1.165) is 26.7 Å². The van der Waals surface area contributed by atoms with E-state index in [1.807, 2.05) is 61.5 Å². The topological polar surface area (TPSA) is 41.6 Å². The van der Waals surface area contributed by atoms with Crippen LogP contribution in [-0.2, 0) is 0 Å². The van der Waals surface area contributed by atoms with Crippen molar-refractivity contribution in [3.8, 4) is 5.75 Å². The van der Waals surface area contributed by atoms with Gasteiger partial charge in [-0.25, -0.2) is 4.79 Å². The van der Waals surface area contributed by atoms with Gasteiger partial charge in [0, 0.05) is 20.9 Å². The second kappa shape index (κ2) is 7.18. The lowest BCUT2D eigenvalue weighted by atomic mass is 10.2. The summed E-state index contributed by atoms with van der Waals surface area (Å²) in [6.45, 7) is 1.89. The van der Waals surface area contributed by atoms with Crippen LogP contribution in [0.2, 0.25) is 5.02 Å². The van der Waals surface area contributed by atoms with Crippen molar-refractivity contribution in [1.29, 1.82) is 0 Å². The number of para-hydroxylation sites is 2. The normalized spacial score (nSPS) is 12.2. The summed E-state index contributed by atoms with van der Waals surface area (Å²) in [7, 11) is 1.55. The van der Waals surface area contributed by atoms with E-state index in [2.05, 4.69) is 5.32 Å². The van der Waals surface area contributed by atoms with Crippen molar-refractivity contribution in [3.05, 3.63) is 71.2 Å². The van der Waals surface area contributed by atoms with Crippen LogP contribution in [0.4, 0.5) is 21.9 Å². The average Bonchev–Trinajstić information content (AvgIpc) is 2.68. The van der Waals surface area contributed by atoms with Gasteiger partial charge < -0.3 is 10.1 Å². The first-order valence-electron chi connectivity index (χ1n) is 8.39. The van der Waals surface area contributed by atoms with Gasteiger partial charge in [-0.15, -0.1) is 0 Å². The summed E-state index contributed by atoms with van der Waals surface area (Å²) in [5, 5.41) is 3.57. The smallest absolute Gasteiger partial charge is 0.331 e. The molecule has 0 unspecified atom stereocenters. The Morgan fingerprint density at radius 1 is 1.04 bits per heavy atom. The number of hydrogen-bond acceptors (Lipinski definition) is 3. The number of ether oxygens (including phenoxy) is 1. The summed E-state index contributed by atoms with van der Waals surface area (Å²) in [4.78, 5) is 17.0. The minimum absolute atomic E-state index is 0.254. The average molecular weight is 397 g/mol. The molecule has 4 rings (SSSR count). The van der Waals surface area contributed by atoms with Crippen LogP contribution in [-0.4, -0.2) is 13.1 Å². The molecule has 1 aliphatic rings. The molecular formula is C21H17ClN2O2S. The Balaban J connectivity index is 1.76. The third kappa shape index (κ3) is 3.24. The third-order valence-electron chi connectivity index (χ3n) is 4.36. The highest BCUT2D eigenvalue weighted by Crippen LogP contribution is 2.48. The van der Waals surface area contributed by atoms with Crippen LogP contribution in [0, 0.1) is 6.92 Å². The zero-order valence-electron chi connectivity index (χ0n) is 14.8. The monoisotopic (exact) mass is 396 g/mol. The van der Waals surface area contributed by atoms with E-state index in [9.17, 15) is 4.79 Å². The standard InChI is InChI=1S/C21H17ClN2O2S/c1-13-11-15(18(26-2)12-14(13)22)23-21(25)24-16-7-3-5-9-19(16)27-20-10-6-4-8-17(20)24/h3-12H,1-2H3,(H,23,25). The quantitative estimate of drug-likeness (QED) is 0.538. The van der Waals surface area contributed by atoms with E-state index >= 15 is 0 Å². The zero-order chi connectivity index (χ0) is 19.0. The molecule has 0 atom stereocenters. The molecule has 0 aliphatic carbocycles. The fourth-order valence-electron chi connectivity index (χ4n) is 3.02. The number of anilines is 3. The lowest BCUT2D eigenvalue weighted by Gasteiger charge is -2.31. The minimum Gasteiger partial charge on any atom is -0.495 e. The molecule has 3 aromatic carbocycles. The van der Waals surface area contributed by atoms with Crippen LogP contribution in [0.15, 0.2) is 70.5 Å². The van der Waals surface area contributed by atoms with Gasteiger partial charge in [0.05, 0.1) is 24.2 Å². The first kappa shape index (κ1) is 17.8. The number of methoxy groups -OCH3 is 1. The molecule has 4 nitrogen and oxygen atoms in total. The second-order valence-electron chi connectivity index (χ2n) is 6.10. The molecule has 1 N–H and O–H groups in total. The number of aryl methyl sites for hydroxylation is 1. The van der Waals surface area contributed by atoms with E-state index in [4.69, 9.17) is 16.3 Å². The number of carbonyl (C=O) groups excluding carboxylic acids is 1. The van der Waals surface area contributed by atoms with Crippen molar-refractivity contribution in [2.75, 3.05) is 17.3 Å². The van der Waals surface area contributed by atoms with Crippen LogP contribution in [0.5, 0.6) is 5.75 Å². The van der Waals surface area contributed by atoms with E-state index in [-0.39, 0.29) is 6.03 Å². The van der Waals surface area contributed by atoms with Gasteiger partial charge in [-0.05, 0) is 42.8 Å². The van der Waals surface area contributed by atoms with Crippen molar-refractivity contribution < 1.29 is 9.53 Å². The van der Waals surface area contributed by atoms with E-state index in [0.29, 0.717) is 16.5 Å². The van der Waals surface area contributed by atoms with Crippen LogP contribution in [0.3, 0.4) is 0 Å². The number of nitrogens with zero attached hydrogens (tertiary/aromatic N) is 1. The van der Waals surface area contributed by atoms with E-state index in [1.165, 1.54) is 0 Å². The molecule has 0 saturated carbocycles. The highest BCUT2D eigenvalue weighted by Gasteiger charge is 2.28. The molecule has 1 aliphatic heterocycles. The van der Waals surface area contributed by atoms with Crippen molar-refractivity contribution in [1.82, 2.24) is 0 Å². The van der Waals surface area contributed by atoms with Gasteiger partial charge in [-0.2, -0.15) is 0 Å². The summed E-state index contributed by atoms with van der Waals surface area (Å²) >= 11 is 7.84. The number of fused-ring (bicyclic) bond motifs is 2. The maximum atomic E-state index is 13.3. The van der Waals surface area contributed by atoms with Crippen molar-refractivity contribution in [2.24, 2.45) is 0 Å². The largest absolute Gasteiger partial charge is 0.495 e. The fraction of sp³-hybridized carbons (Fsp3) is 0.0952. The minimum atomic E-state index is -0.254. The van der Waals surface area contributed by atoms with Crippen LogP contribution >= 0.6 is 23.4 Å². The summed E-state index contributed by atoms with van der Waals surface area (Å²) < 4.78 is 5.39. The van der Waals surface area contributed by atoms with Gasteiger partial charge in [0.1, 0.15) is 5.75 Å². The first-order valence-corrected chi connectivity index (χ1v) is 9.59. The van der Waals surface area contributed by atoms with Gasteiger partial charge in [0.25, 0.3) is 0 Å². The Morgan fingerprint density at radius 3 is 2.22 bits per heavy atom. The first-order chi connectivity index (χ1) is 13.1. The van der Waals surface area contributed by atoms with Crippen LogP contribution in [0.25, 0.3) is 0 Å².